The van der Waals surface area contributed by atoms with Crippen LogP contribution in [-0.2, 0) is 4.79 Å². The summed E-state index contributed by atoms with van der Waals surface area (Å²) in [6.45, 7) is 5.57. The van der Waals surface area contributed by atoms with Crippen molar-refractivity contribution in [2.45, 2.75) is 32.8 Å². The average Bonchev–Trinajstić information content (AvgIpc) is 2.57. The van der Waals surface area contributed by atoms with Crippen molar-refractivity contribution in [2.24, 2.45) is 5.92 Å². The highest BCUT2D eigenvalue weighted by molar-refractivity contribution is 5.70. The molecule has 0 aromatic heterocycles. The Balaban J connectivity index is 2.10. The number of para-hydroxylation sites is 2. The number of rotatable bonds is 3. The highest BCUT2D eigenvalue weighted by Crippen LogP contribution is 2.30. The van der Waals surface area contributed by atoms with Crippen molar-refractivity contribution in [3.05, 3.63) is 24.3 Å². The summed E-state index contributed by atoms with van der Waals surface area (Å²) in [5, 5.41) is 3.39. The maximum absolute atomic E-state index is 11.1. The van der Waals surface area contributed by atoms with Gasteiger partial charge in [-0.2, -0.15) is 0 Å². The van der Waals surface area contributed by atoms with Gasteiger partial charge in [-0.1, -0.05) is 19.1 Å². The third-order valence-corrected chi connectivity index (χ3v) is 3.32. The van der Waals surface area contributed by atoms with E-state index in [4.69, 9.17) is 9.47 Å². The van der Waals surface area contributed by atoms with Gasteiger partial charge >= 0.3 is 5.97 Å². The summed E-state index contributed by atoms with van der Waals surface area (Å²) in [6, 6.07) is 7.34. The molecule has 1 aromatic rings. The molecule has 1 fully saturated rings. The molecule has 0 saturated carbocycles. The smallest absolute Gasteiger partial charge is 0.308 e. The monoisotopic (exact) mass is 263 g/mol. The zero-order valence-electron chi connectivity index (χ0n) is 11.5. The first-order chi connectivity index (χ1) is 9.16. The summed E-state index contributed by atoms with van der Waals surface area (Å²) in [5.74, 6) is 1.26. The number of hydrogen-bond acceptors (Lipinski definition) is 4. The van der Waals surface area contributed by atoms with Crippen molar-refractivity contribution in [1.82, 2.24) is 5.32 Å². The quantitative estimate of drug-likeness (QED) is 0.672. The van der Waals surface area contributed by atoms with Crippen LogP contribution in [0.4, 0.5) is 0 Å². The van der Waals surface area contributed by atoms with Crippen molar-refractivity contribution in [2.75, 3.05) is 13.1 Å². The summed E-state index contributed by atoms with van der Waals surface area (Å²) in [6.07, 6.45) is 2.28. The van der Waals surface area contributed by atoms with Crippen molar-refractivity contribution in [3.63, 3.8) is 0 Å². The fourth-order valence-corrected chi connectivity index (χ4v) is 2.30. The van der Waals surface area contributed by atoms with Gasteiger partial charge in [0.2, 0.25) is 0 Å². The summed E-state index contributed by atoms with van der Waals surface area (Å²) in [7, 11) is 0. The summed E-state index contributed by atoms with van der Waals surface area (Å²) in [5.41, 5.74) is 0. The van der Waals surface area contributed by atoms with Crippen LogP contribution in [0, 0.1) is 5.92 Å². The second kappa shape index (κ2) is 6.57. The molecule has 1 saturated heterocycles. The molecule has 0 spiro atoms. The number of benzene rings is 1. The van der Waals surface area contributed by atoms with E-state index in [1.807, 2.05) is 18.2 Å². The predicted molar refractivity (Wildman–Crippen MR) is 73.4 cm³/mol. The van der Waals surface area contributed by atoms with Crippen LogP contribution < -0.4 is 14.8 Å². The molecule has 0 amide bonds. The van der Waals surface area contributed by atoms with E-state index in [1.165, 1.54) is 6.92 Å². The fourth-order valence-electron chi connectivity index (χ4n) is 2.30. The molecule has 1 heterocycles. The van der Waals surface area contributed by atoms with Gasteiger partial charge in [-0.15, -0.1) is 0 Å². The number of nitrogens with one attached hydrogen (secondary N) is 1. The highest BCUT2D eigenvalue weighted by atomic mass is 16.6. The van der Waals surface area contributed by atoms with Gasteiger partial charge in [0.15, 0.2) is 11.5 Å². The standard InChI is InChI=1S/C15H21NO3/c1-11-10-16-9-5-8-13(11)19-15-7-4-3-6-14(15)18-12(2)17/h3-4,6-7,11,13,16H,5,8-10H2,1-2H3. The summed E-state index contributed by atoms with van der Waals surface area (Å²) < 4.78 is 11.2. The maximum atomic E-state index is 11.1. The van der Waals surface area contributed by atoms with E-state index in [2.05, 4.69) is 12.2 Å². The van der Waals surface area contributed by atoms with Gasteiger partial charge in [0.05, 0.1) is 0 Å². The lowest BCUT2D eigenvalue weighted by Gasteiger charge is -2.23. The van der Waals surface area contributed by atoms with Crippen LogP contribution in [0.3, 0.4) is 0 Å². The predicted octanol–water partition coefficient (Wildman–Crippen LogP) is 2.38. The maximum Gasteiger partial charge on any atom is 0.308 e. The van der Waals surface area contributed by atoms with Gasteiger partial charge in [0.25, 0.3) is 0 Å². The number of hydrogen-bond donors (Lipinski definition) is 1. The fraction of sp³-hybridized carbons (Fsp3) is 0.533. The summed E-state index contributed by atoms with van der Waals surface area (Å²) in [4.78, 5) is 11.1. The second-order valence-corrected chi connectivity index (χ2v) is 5.02. The molecule has 2 unspecified atom stereocenters. The molecular formula is C15H21NO3. The molecule has 0 radical (unpaired) electrons. The van der Waals surface area contributed by atoms with Gasteiger partial charge in [-0.3, -0.25) is 4.79 Å². The van der Waals surface area contributed by atoms with E-state index in [1.54, 1.807) is 6.07 Å². The van der Waals surface area contributed by atoms with Gasteiger partial charge in [0, 0.05) is 19.4 Å². The first-order valence-electron chi connectivity index (χ1n) is 6.81. The normalized spacial score (nSPS) is 23.5. The molecule has 19 heavy (non-hydrogen) atoms. The van der Waals surface area contributed by atoms with Crippen LogP contribution in [0.15, 0.2) is 24.3 Å². The van der Waals surface area contributed by atoms with Gasteiger partial charge in [-0.25, -0.2) is 0 Å². The van der Waals surface area contributed by atoms with Crippen molar-refractivity contribution in [3.8, 4) is 11.5 Å². The molecule has 1 N–H and O–H groups in total. The van der Waals surface area contributed by atoms with E-state index < -0.39 is 0 Å². The minimum Gasteiger partial charge on any atom is -0.486 e. The lowest BCUT2D eigenvalue weighted by atomic mass is 10.0. The van der Waals surface area contributed by atoms with Crippen LogP contribution in [0.5, 0.6) is 11.5 Å². The van der Waals surface area contributed by atoms with Crippen LogP contribution in [0.25, 0.3) is 0 Å². The lowest BCUT2D eigenvalue weighted by molar-refractivity contribution is -0.132. The lowest BCUT2D eigenvalue weighted by Crippen LogP contribution is -2.29. The Morgan fingerprint density at radius 3 is 2.79 bits per heavy atom. The van der Waals surface area contributed by atoms with E-state index in [0.29, 0.717) is 17.4 Å². The Labute approximate surface area is 114 Å². The SMILES string of the molecule is CC(=O)Oc1ccccc1OC1CCCNCC1C. The van der Waals surface area contributed by atoms with Crippen LogP contribution in [-0.4, -0.2) is 25.2 Å². The Kier molecular flexibility index (Phi) is 4.80. The third-order valence-electron chi connectivity index (χ3n) is 3.32. The minimum atomic E-state index is -0.327. The molecule has 1 aliphatic heterocycles. The van der Waals surface area contributed by atoms with Crippen LogP contribution >= 0.6 is 0 Å². The molecule has 2 rings (SSSR count). The molecule has 1 aromatic carbocycles. The number of ether oxygens (including phenoxy) is 2. The van der Waals surface area contributed by atoms with Gasteiger partial charge in [0.1, 0.15) is 6.10 Å². The van der Waals surface area contributed by atoms with Crippen molar-refractivity contribution >= 4 is 5.97 Å². The van der Waals surface area contributed by atoms with Crippen molar-refractivity contribution in [1.29, 1.82) is 0 Å². The molecule has 0 aliphatic carbocycles. The summed E-state index contributed by atoms with van der Waals surface area (Å²) >= 11 is 0. The zero-order valence-corrected chi connectivity index (χ0v) is 11.5. The Morgan fingerprint density at radius 2 is 2.05 bits per heavy atom. The molecule has 4 nitrogen and oxygen atoms in total. The first-order valence-corrected chi connectivity index (χ1v) is 6.81. The molecule has 0 bridgehead atoms. The topological polar surface area (TPSA) is 47.6 Å². The molecular weight excluding hydrogens is 242 g/mol. The molecule has 104 valence electrons. The van der Waals surface area contributed by atoms with Crippen molar-refractivity contribution < 1.29 is 14.3 Å². The number of carbonyl (C=O) groups excluding carboxylic acids is 1. The number of carbonyl (C=O) groups is 1. The third kappa shape index (κ3) is 3.96. The first kappa shape index (κ1) is 13.9. The largest absolute Gasteiger partial charge is 0.486 e. The minimum absolute atomic E-state index is 0.159. The molecule has 4 heteroatoms. The van der Waals surface area contributed by atoms with E-state index in [9.17, 15) is 4.79 Å². The van der Waals surface area contributed by atoms with E-state index >= 15 is 0 Å². The molecule has 1 aliphatic rings. The number of esters is 1. The zero-order chi connectivity index (χ0) is 13.7. The highest BCUT2D eigenvalue weighted by Gasteiger charge is 2.22. The Hall–Kier alpha value is -1.55. The van der Waals surface area contributed by atoms with E-state index in [-0.39, 0.29) is 12.1 Å². The molecule has 2 atom stereocenters. The second-order valence-electron chi connectivity index (χ2n) is 5.02. The van der Waals surface area contributed by atoms with Crippen LogP contribution in [0.1, 0.15) is 26.7 Å². The Bertz CT molecular complexity index is 433. The van der Waals surface area contributed by atoms with Gasteiger partial charge in [-0.05, 0) is 31.5 Å². The average molecular weight is 263 g/mol. The van der Waals surface area contributed by atoms with E-state index in [0.717, 1.165) is 25.9 Å². The van der Waals surface area contributed by atoms with Crippen LogP contribution in [0.2, 0.25) is 0 Å². The Morgan fingerprint density at radius 1 is 1.32 bits per heavy atom. The van der Waals surface area contributed by atoms with Gasteiger partial charge < -0.3 is 14.8 Å².